The molecule has 0 saturated carbocycles. The summed E-state index contributed by atoms with van der Waals surface area (Å²) in [5.74, 6) is 1.69. The maximum atomic E-state index is 2.57. The highest BCUT2D eigenvalue weighted by Gasteiger charge is 2.09. The number of unbranched alkanes of at least 4 members (excludes halogenated alkanes) is 2. The lowest BCUT2D eigenvalue weighted by atomic mass is 9.89. The van der Waals surface area contributed by atoms with Crippen LogP contribution in [-0.2, 0) is 0 Å². The van der Waals surface area contributed by atoms with E-state index in [1.807, 2.05) is 0 Å². The van der Waals surface area contributed by atoms with Gasteiger partial charge in [0, 0.05) is 0 Å². The molecule has 0 aliphatic heterocycles. The molecular formula is C13H27. The zero-order valence-corrected chi connectivity index (χ0v) is 9.97. The van der Waals surface area contributed by atoms with Gasteiger partial charge in [-0.15, -0.1) is 0 Å². The minimum absolute atomic E-state index is 0.830. The molecule has 0 aromatic heterocycles. The first kappa shape index (κ1) is 13.0. The first-order valence-electron chi connectivity index (χ1n) is 6.09. The van der Waals surface area contributed by atoms with Crippen LogP contribution in [0.3, 0.4) is 0 Å². The van der Waals surface area contributed by atoms with Crippen molar-refractivity contribution in [2.75, 3.05) is 0 Å². The minimum atomic E-state index is 0.830. The van der Waals surface area contributed by atoms with E-state index in [9.17, 15) is 0 Å². The molecule has 0 spiro atoms. The molecule has 1 unspecified atom stereocenters. The van der Waals surface area contributed by atoms with Gasteiger partial charge >= 0.3 is 0 Å². The predicted molar refractivity (Wildman–Crippen MR) is 61.7 cm³/mol. The molecule has 0 rings (SSSR count). The molecule has 0 aliphatic rings. The van der Waals surface area contributed by atoms with Crippen LogP contribution in [0.5, 0.6) is 0 Å². The quantitative estimate of drug-likeness (QED) is 0.472. The summed E-state index contributed by atoms with van der Waals surface area (Å²) in [4.78, 5) is 0. The Balaban J connectivity index is 3.42. The molecule has 0 aromatic rings. The van der Waals surface area contributed by atoms with Crippen LogP contribution in [0.1, 0.15) is 66.2 Å². The summed E-state index contributed by atoms with van der Waals surface area (Å²) in [6.07, 6.45) is 10.7. The highest BCUT2D eigenvalue weighted by atomic mass is 14.1. The van der Waals surface area contributed by atoms with Crippen molar-refractivity contribution < 1.29 is 0 Å². The Morgan fingerprint density at radius 2 is 1.62 bits per heavy atom. The Kier molecular flexibility index (Phi) is 8.59. The lowest BCUT2D eigenvalue weighted by molar-refractivity contribution is 0.452. The highest BCUT2D eigenvalue weighted by Crippen LogP contribution is 2.21. The summed E-state index contributed by atoms with van der Waals surface area (Å²) >= 11 is 0. The van der Waals surface area contributed by atoms with E-state index in [0.717, 1.165) is 11.8 Å². The first-order chi connectivity index (χ1) is 6.24. The second kappa shape index (κ2) is 8.59. The van der Waals surface area contributed by atoms with Crippen LogP contribution in [-0.4, -0.2) is 0 Å². The summed E-state index contributed by atoms with van der Waals surface area (Å²) < 4.78 is 0. The molecule has 79 valence electrons. The monoisotopic (exact) mass is 183 g/mol. The molecule has 1 radical (unpaired) electrons. The third-order valence-corrected chi connectivity index (χ3v) is 2.91. The first-order valence-corrected chi connectivity index (χ1v) is 6.09. The molecule has 0 N–H and O–H groups in total. The fraction of sp³-hybridized carbons (Fsp3) is 0.923. The molecule has 0 heteroatoms. The van der Waals surface area contributed by atoms with Crippen LogP contribution < -0.4 is 0 Å². The van der Waals surface area contributed by atoms with E-state index in [4.69, 9.17) is 0 Å². The van der Waals surface area contributed by atoms with Crippen molar-refractivity contribution in [1.29, 1.82) is 0 Å². The normalized spacial score (nSPS) is 13.6. The van der Waals surface area contributed by atoms with Gasteiger partial charge in [-0.05, 0) is 18.3 Å². The molecule has 0 fully saturated rings. The van der Waals surface area contributed by atoms with Crippen LogP contribution in [0.2, 0.25) is 0 Å². The van der Waals surface area contributed by atoms with E-state index < -0.39 is 0 Å². The lowest BCUT2D eigenvalue weighted by Crippen LogP contribution is -2.05. The summed E-state index contributed by atoms with van der Waals surface area (Å²) in [6.45, 7) is 9.23. The summed E-state index contributed by atoms with van der Waals surface area (Å²) in [7, 11) is 0. The van der Waals surface area contributed by atoms with E-state index in [1.165, 1.54) is 38.5 Å². The van der Waals surface area contributed by atoms with Gasteiger partial charge in [-0.1, -0.05) is 66.2 Å². The van der Waals surface area contributed by atoms with E-state index >= 15 is 0 Å². The molecule has 1 atom stereocenters. The maximum Gasteiger partial charge on any atom is -0.0327 e. The third kappa shape index (κ3) is 7.10. The van der Waals surface area contributed by atoms with Gasteiger partial charge in [0.15, 0.2) is 0 Å². The molecule has 0 nitrogen and oxygen atoms in total. The van der Waals surface area contributed by atoms with E-state index in [0.29, 0.717) is 0 Å². The van der Waals surface area contributed by atoms with Gasteiger partial charge in [0.2, 0.25) is 0 Å². The zero-order valence-electron chi connectivity index (χ0n) is 9.97. The summed E-state index contributed by atoms with van der Waals surface area (Å²) in [5, 5.41) is 0. The fourth-order valence-electron chi connectivity index (χ4n) is 1.84. The number of rotatable bonds is 8. The average molecular weight is 183 g/mol. The van der Waals surface area contributed by atoms with Gasteiger partial charge in [0.05, 0.1) is 0 Å². The Bertz CT molecular complexity index is 92.2. The molecule has 0 aliphatic carbocycles. The Morgan fingerprint density at radius 1 is 1.00 bits per heavy atom. The molecule has 0 aromatic carbocycles. The molecule has 0 amide bonds. The Morgan fingerprint density at radius 3 is 2.08 bits per heavy atom. The average Bonchev–Trinajstić information content (AvgIpc) is 2.14. The van der Waals surface area contributed by atoms with E-state index in [2.05, 4.69) is 34.1 Å². The van der Waals surface area contributed by atoms with E-state index in [-0.39, 0.29) is 0 Å². The van der Waals surface area contributed by atoms with Crippen molar-refractivity contribution in [3.8, 4) is 0 Å². The third-order valence-electron chi connectivity index (χ3n) is 2.91. The van der Waals surface area contributed by atoms with Gasteiger partial charge in [0.25, 0.3) is 0 Å². The van der Waals surface area contributed by atoms with Crippen molar-refractivity contribution in [3.05, 3.63) is 6.42 Å². The van der Waals surface area contributed by atoms with Crippen LogP contribution in [0.4, 0.5) is 0 Å². The highest BCUT2D eigenvalue weighted by molar-refractivity contribution is 4.79. The summed E-state index contributed by atoms with van der Waals surface area (Å²) in [5.41, 5.74) is 0. The summed E-state index contributed by atoms with van der Waals surface area (Å²) in [6, 6.07) is 0. The number of hydrogen-bond acceptors (Lipinski definition) is 0. The minimum Gasteiger partial charge on any atom is -0.0654 e. The van der Waals surface area contributed by atoms with Crippen molar-refractivity contribution in [1.82, 2.24) is 0 Å². The molecule has 0 heterocycles. The van der Waals surface area contributed by atoms with Crippen molar-refractivity contribution >= 4 is 0 Å². The SMILES string of the molecule is CCCCCC(C)[CH]C(CC)CC. The number of hydrogen-bond donors (Lipinski definition) is 0. The van der Waals surface area contributed by atoms with Crippen LogP contribution in [0.15, 0.2) is 0 Å². The Labute approximate surface area is 85.1 Å². The largest absolute Gasteiger partial charge is 0.0654 e. The smallest absolute Gasteiger partial charge is 0.0327 e. The van der Waals surface area contributed by atoms with Gasteiger partial charge < -0.3 is 0 Å². The Hall–Kier alpha value is 0. The second-order valence-corrected chi connectivity index (χ2v) is 4.24. The standard InChI is InChI=1S/C13H27/c1-5-8-9-10-12(4)11-13(6-2)7-3/h11-13H,5-10H2,1-4H3. The molecule has 0 bridgehead atoms. The van der Waals surface area contributed by atoms with Crippen molar-refractivity contribution in [3.63, 3.8) is 0 Å². The van der Waals surface area contributed by atoms with Crippen molar-refractivity contribution in [2.24, 2.45) is 11.8 Å². The lowest BCUT2D eigenvalue weighted by Gasteiger charge is -2.17. The van der Waals surface area contributed by atoms with Gasteiger partial charge in [-0.3, -0.25) is 0 Å². The molecule has 0 saturated heterocycles. The van der Waals surface area contributed by atoms with Crippen LogP contribution in [0.25, 0.3) is 0 Å². The van der Waals surface area contributed by atoms with Crippen LogP contribution >= 0.6 is 0 Å². The van der Waals surface area contributed by atoms with Gasteiger partial charge in [-0.25, -0.2) is 0 Å². The topological polar surface area (TPSA) is 0 Å². The fourth-order valence-corrected chi connectivity index (χ4v) is 1.84. The predicted octanol–water partition coefficient (Wildman–Crippen LogP) is 4.84. The zero-order chi connectivity index (χ0) is 10.1. The second-order valence-electron chi connectivity index (χ2n) is 4.24. The van der Waals surface area contributed by atoms with Gasteiger partial charge in [-0.2, -0.15) is 0 Å². The van der Waals surface area contributed by atoms with Crippen molar-refractivity contribution in [2.45, 2.75) is 66.2 Å². The maximum absolute atomic E-state index is 2.57. The van der Waals surface area contributed by atoms with E-state index in [1.54, 1.807) is 0 Å². The molecule has 13 heavy (non-hydrogen) atoms. The van der Waals surface area contributed by atoms with Gasteiger partial charge in [0.1, 0.15) is 0 Å². The van der Waals surface area contributed by atoms with Crippen LogP contribution in [0, 0.1) is 18.3 Å². The molecular weight excluding hydrogens is 156 g/mol.